The van der Waals surface area contributed by atoms with Gasteiger partial charge in [-0.3, -0.25) is 9.59 Å². The van der Waals surface area contributed by atoms with Gasteiger partial charge in [0.2, 0.25) is 5.91 Å². The second-order valence-electron chi connectivity index (χ2n) is 7.00. The van der Waals surface area contributed by atoms with Crippen LogP contribution in [0.2, 0.25) is 0 Å². The summed E-state index contributed by atoms with van der Waals surface area (Å²) in [6.07, 6.45) is 0.353. The Morgan fingerprint density at radius 3 is 2.12 bits per heavy atom. The zero-order chi connectivity index (χ0) is 20.2. The molecule has 1 rings (SSSR count). The number of methoxy groups -OCH3 is 1. The highest BCUT2D eigenvalue weighted by atomic mass is 16.5. The van der Waals surface area contributed by atoms with Crippen molar-refractivity contribution in [3.05, 3.63) is 22.5 Å². The first kappa shape index (κ1) is 21.9. The van der Waals surface area contributed by atoms with E-state index in [1.54, 1.807) is 30.2 Å². The van der Waals surface area contributed by atoms with Crippen LogP contribution < -0.4 is 0 Å². The molecule has 1 unspecified atom stereocenters. The van der Waals surface area contributed by atoms with Crippen molar-refractivity contribution in [2.45, 2.75) is 67.5 Å². The van der Waals surface area contributed by atoms with Crippen LogP contribution in [0.5, 0.6) is 0 Å². The fraction of sp³-hybridized carbons (Fsp3) is 0.650. The van der Waals surface area contributed by atoms with Gasteiger partial charge in [-0.15, -0.1) is 0 Å². The first-order valence-corrected chi connectivity index (χ1v) is 9.23. The maximum absolute atomic E-state index is 13.3. The lowest BCUT2D eigenvalue weighted by molar-refractivity contribution is -0.132. The van der Waals surface area contributed by atoms with Gasteiger partial charge in [0.25, 0.3) is 0 Å². The third kappa shape index (κ3) is 4.17. The van der Waals surface area contributed by atoms with Crippen molar-refractivity contribution in [3.8, 4) is 0 Å². The number of hydrogen-bond donors (Lipinski definition) is 0. The molecule has 26 heavy (non-hydrogen) atoms. The molecule has 0 aliphatic rings. The molecule has 1 aromatic rings. The minimum Gasteiger partial charge on any atom is -0.464 e. The van der Waals surface area contributed by atoms with Crippen molar-refractivity contribution < 1.29 is 19.1 Å². The minimum atomic E-state index is -0.583. The third-order valence-corrected chi connectivity index (χ3v) is 4.74. The predicted octanol–water partition coefficient (Wildman–Crippen LogP) is 3.38. The lowest BCUT2D eigenvalue weighted by Crippen LogP contribution is -2.45. The summed E-state index contributed by atoms with van der Waals surface area (Å²) in [5.74, 6) is -0.380. The SMILES string of the molecule is CCC(=O)N(CC(C)C)C(C)C(=O)c1c(C)c(C(=O)OC)n(CC)c1C. The van der Waals surface area contributed by atoms with Crippen LogP contribution >= 0.6 is 0 Å². The summed E-state index contributed by atoms with van der Waals surface area (Å²) in [5, 5.41) is 0. The molecule has 0 bridgehead atoms. The van der Waals surface area contributed by atoms with Crippen molar-refractivity contribution in [3.63, 3.8) is 0 Å². The molecule has 1 amide bonds. The summed E-state index contributed by atoms with van der Waals surface area (Å²) in [4.78, 5) is 39.5. The van der Waals surface area contributed by atoms with Gasteiger partial charge in [0.05, 0.1) is 13.2 Å². The van der Waals surface area contributed by atoms with Crippen LogP contribution in [-0.2, 0) is 16.1 Å². The van der Waals surface area contributed by atoms with E-state index in [0.29, 0.717) is 36.3 Å². The topological polar surface area (TPSA) is 68.6 Å². The molecule has 0 aliphatic carbocycles. The molecule has 0 radical (unpaired) electrons. The van der Waals surface area contributed by atoms with Crippen LogP contribution in [-0.4, -0.2) is 46.8 Å². The van der Waals surface area contributed by atoms with E-state index in [9.17, 15) is 14.4 Å². The number of ether oxygens (including phenoxy) is 1. The van der Waals surface area contributed by atoms with Gasteiger partial charge in [-0.25, -0.2) is 4.79 Å². The number of Topliss-reactive ketones (excluding diaryl/α,β-unsaturated/α-hetero) is 1. The molecule has 6 heteroatoms. The smallest absolute Gasteiger partial charge is 0.354 e. The maximum Gasteiger partial charge on any atom is 0.354 e. The Bertz CT molecular complexity index is 688. The van der Waals surface area contributed by atoms with Gasteiger partial charge in [0.1, 0.15) is 5.69 Å². The number of esters is 1. The molecule has 1 heterocycles. The summed E-state index contributed by atoms with van der Waals surface area (Å²) in [6.45, 7) is 14.2. The Morgan fingerprint density at radius 1 is 1.12 bits per heavy atom. The van der Waals surface area contributed by atoms with Crippen molar-refractivity contribution in [1.82, 2.24) is 9.47 Å². The van der Waals surface area contributed by atoms with Gasteiger partial charge in [0, 0.05) is 30.8 Å². The van der Waals surface area contributed by atoms with Gasteiger partial charge in [-0.2, -0.15) is 0 Å². The summed E-state index contributed by atoms with van der Waals surface area (Å²) in [5.41, 5.74) is 2.26. The molecule has 0 spiro atoms. The third-order valence-electron chi connectivity index (χ3n) is 4.74. The lowest BCUT2D eigenvalue weighted by atomic mass is 9.99. The van der Waals surface area contributed by atoms with E-state index in [4.69, 9.17) is 4.74 Å². The molecule has 0 N–H and O–H groups in total. The molecular weight excluding hydrogens is 332 g/mol. The Labute approximate surface area is 156 Å². The Morgan fingerprint density at radius 2 is 1.69 bits per heavy atom. The number of ketones is 1. The van der Waals surface area contributed by atoms with Gasteiger partial charge in [0.15, 0.2) is 5.78 Å². The van der Waals surface area contributed by atoms with Crippen molar-refractivity contribution in [1.29, 1.82) is 0 Å². The number of hydrogen-bond acceptors (Lipinski definition) is 4. The van der Waals surface area contributed by atoms with Crippen LogP contribution in [0.1, 0.15) is 73.1 Å². The zero-order valence-electron chi connectivity index (χ0n) is 17.3. The fourth-order valence-corrected chi connectivity index (χ4v) is 3.44. The largest absolute Gasteiger partial charge is 0.464 e. The van der Waals surface area contributed by atoms with Crippen molar-refractivity contribution >= 4 is 17.7 Å². The molecule has 146 valence electrons. The van der Waals surface area contributed by atoms with E-state index in [1.807, 2.05) is 27.7 Å². The highest BCUT2D eigenvalue weighted by Gasteiger charge is 2.32. The standard InChI is InChI=1S/C20H32N2O4/c1-9-16(23)22(11-12(3)4)15(7)19(24)17-13(5)18(20(25)26-8)21(10-2)14(17)6/h12,15H,9-11H2,1-8H3. The normalized spacial score (nSPS) is 12.2. The quantitative estimate of drug-likeness (QED) is 0.524. The van der Waals surface area contributed by atoms with Crippen LogP contribution in [0.3, 0.4) is 0 Å². The average molecular weight is 364 g/mol. The molecule has 0 saturated heterocycles. The van der Waals surface area contributed by atoms with E-state index < -0.39 is 12.0 Å². The molecule has 0 fully saturated rings. The summed E-state index contributed by atoms with van der Waals surface area (Å²) in [6, 6.07) is -0.583. The number of amides is 1. The summed E-state index contributed by atoms with van der Waals surface area (Å²) in [7, 11) is 1.33. The van der Waals surface area contributed by atoms with Crippen LogP contribution in [0, 0.1) is 19.8 Å². The number of rotatable bonds is 8. The predicted molar refractivity (Wildman–Crippen MR) is 102 cm³/mol. The van der Waals surface area contributed by atoms with Gasteiger partial charge in [-0.05, 0) is 39.2 Å². The Hall–Kier alpha value is -2.11. The number of aromatic nitrogens is 1. The summed E-state index contributed by atoms with van der Waals surface area (Å²) >= 11 is 0. The average Bonchev–Trinajstić information content (AvgIpc) is 2.86. The maximum atomic E-state index is 13.3. The number of carbonyl (C=O) groups excluding carboxylic acids is 3. The Balaban J connectivity index is 3.41. The van der Waals surface area contributed by atoms with E-state index in [2.05, 4.69) is 0 Å². The van der Waals surface area contributed by atoms with E-state index in [-0.39, 0.29) is 17.6 Å². The fourth-order valence-electron chi connectivity index (χ4n) is 3.44. The number of nitrogens with zero attached hydrogens (tertiary/aromatic N) is 2. The molecule has 1 aromatic heterocycles. The lowest BCUT2D eigenvalue weighted by Gasteiger charge is -2.30. The number of carbonyl (C=O) groups is 3. The summed E-state index contributed by atoms with van der Waals surface area (Å²) < 4.78 is 6.69. The zero-order valence-corrected chi connectivity index (χ0v) is 17.3. The van der Waals surface area contributed by atoms with E-state index in [0.717, 1.165) is 5.69 Å². The van der Waals surface area contributed by atoms with Crippen molar-refractivity contribution in [2.75, 3.05) is 13.7 Å². The van der Waals surface area contributed by atoms with Gasteiger partial charge < -0.3 is 14.2 Å². The van der Waals surface area contributed by atoms with Gasteiger partial charge in [-0.1, -0.05) is 20.8 Å². The van der Waals surface area contributed by atoms with Crippen LogP contribution in [0.4, 0.5) is 0 Å². The minimum absolute atomic E-state index is 0.0435. The van der Waals surface area contributed by atoms with Crippen LogP contribution in [0.25, 0.3) is 0 Å². The molecule has 0 aromatic carbocycles. The Kier molecular flexibility index (Phi) is 7.60. The van der Waals surface area contributed by atoms with Gasteiger partial charge >= 0.3 is 5.97 Å². The second-order valence-corrected chi connectivity index (χ2v) is 7.00. The highest BCUT2D eigenvalue weighted by Crippen LogP contribution is 2.26. The first-order valence-electron chi connectivity index (χ1n) is 9.23. The first-order chi connectivity index (χ1) is 12.1. The second kappa shape index (κ2) is 9.01. The molecule has 6 nitrogen and oxygen atoms in total. The molecular formula is C20H32N2O4. The van der Waals surface area contributed by atoms with Crippen molar-refractivity contribution in [2.24, 2.45) is 5.92 Å². The molecule has 0 aliphatic heterocycles. The monoisotopic (exact) mass is 364 g/mol. The molecule has 1 atom stereocenters. The van der Waals surface area contributed by atoms with Crippen LogP contribution in [0.15, 0.2) is 0 Å². The highest BCUT2D eigenvalue weighted by molar-refractivity contribution is 6.06. The van der Waals surface area contributed by atoms with E-state index >= 15 is 0 Å². The van der Waals surface area contributed by atoms with E-state index in [1.165, 1.54) is 7.11 Å². The molecule has 0 saturated carbocycles.